The summed E-state index contributed by atoms with van der Waals surface area (Å²) >= 11 is 1.94. The molecule has 3 nitrogen and oxygen atoms in total. The highest BCUT2D eigenvalue weighted by Gasteiger charge is 2.22. The first-order valence-corrected chi connectivity index (χ1v) is 8.22. The summed E-state index contributed by atoms with van der Waals surface area (Å²) in [4.78, 5) is 14.7. The Morgan fingerprint density at radius 1 is 1.30 bits per heavy atom. The van der Waals surface area contributed by atoms with Gasteiger partial charge in [0.05, 0.1) is 6.54 Å². The summed E-state index contributed by atoms with van der Waals surface area (Å²) in [5, 5.41) is 0.613. The highest BCUT2D eigenvalue weighted by molar-refractivity contribution is 8.00. The van der Waals surface area contributed by atoms with Gasteiger partial charge in [0.15, 0.2) is 0 Å². The molecule has 0 unspecified atom stereocenters. The number of nitrogens with two attached hydrogens (primary N) is 1. The number of carbonyl (C=O) groups excluding carboxylic acids is 1. The first-order valence-electron chi connectivity index (χ1n) is 7.34. The van der Waals surface area contributed by atoms with Crippen LogP contribution in [0, 0.1) is 0 Å². The molecule has 1 heterocycles. The van der Waals surface area contributed by atoms with E-state index in [9.17, 15) is 4.79 Å². The van der Waals surface area contributed by atoms with Crippen molar-refractivity contribution in [3.63, 3.8) is 0 Å². The molecular formula is C16H24N2OS. The van der Waals surface area contributed by atoms with Gasteiger partial charge in [-0.15, -0.1) is 11.8 Å². The number of benzene rings is 1. The van der Waals surface area contributed by atoms with Crippen LogP contribution < -0.4 is 5.73 Å². The Morgan fingerprint density at radius 2 is 1.90 bits per heavy atom. The maximum absolute atomic E-state index is 11.5. The minimum Gasteiger partial charge on any atom is -0.342 e. The predicted molar refractivity (Wildman–Crippen MR) is 85.0 cm³/mol. The third-order valence-electron chi connectivity index (χ3n) is 3.82. The first kappa shape index (κ1) is 15.4. The molecule has 4 heteroatoms. The third-order valence-corrected chi connectivity index (χ3v) is 5.17. The van der Waals surface area contributed by atoms with E-state index in [1.807, 2.05) is 16.7 Å². The summed E-state index contributed by atoms with van der Waals surface area (Å²) in [6, 6.07) is 8.88. The summed E-state index contributed by atoms with van der Waals surface area (Å²) in [6.07, 6.45) is 2.12. The fraction of sp³-hybridized carbons (Fsp3) is 0.562. The van der Waals surface area contributed by atoms with E-state index >= 15 is 0 Å². The van der Waals surface area contributed by atoms with Crippen molar-refractivity contribution in [1.82, 2.24) is 4.90 Å². The van der Waals surface area contributed by atoms with Crippen LogP contribution in [0.15, 0.2) is 29.2 Å². The van der Waals surface area contributed by atoms with Crippen molar-refractivity contribution in [3.8, 4) is 0 Å². The lowest BCUT2D eigenvalue weighted by Gasteiger charge is -2.31. The Balaban J connectivity index is 1.84. The van der Waals surface area contributed by atoms with Crippen molar-refractivity contribution in [3.05, 3.63) is 29.8 Å². The van der Waals surface area contributed by atoms with E-state index in [4.69, 9.17) is 5.73 Å². The molecule has 1 fully saturated rings. The largest absolute Gasteiger partial charge is 0.342 e. The van der Waals surface area contributed by atoms with Crippen molar-refractivity contribution < 1.29 is 4.79 Å². The van der Waals surface area contributed by atoms with Gasteiger partial charge in [-0.05, 0) is 36.5 Å². The van der Waals surface area contributed by atoms with Gasteiger partial charge in [0.1, 0.15) is 0 Å². The Labute approximate surface area is 125 Å². The lowest BCUT2D eigenvalue weighted by atomic mass is 10.0. The van der Waals surface area contributed by atoms with Crippen molar-refractivity contribution in [2.75, 3.05) is 19.6 Å². The monoisotopic (exact) mass is 292 g/mol. The lowest BCUT2D eigenvalue weighted by Crippen LogP contribution is -2.42. The minimum atomic E-state index is 0.0785. The summed E-state index contributed by atoms with van der Waals surface area (Å²) in [6.45, 7) is 6.25. The van der Waals surface area contributed by atoms with Gasteiger partial charge >= 0.3 is 0 Å². The van der Waals surface area contributed by atoms with E-state index in [0.717, 1.165) is 25.9 Å². The van der Waals surface area contributed by atoms with Crippen molar-refractivity contribution in [2.45, 2.75) is 42.8 Å². The van der Waals surface area contributed by atoms with Gasteiger partial charge in [-0.25, -0.2) is 0 Å². The van der Waals surface area contributed by atoms with Crippen LogP contribution in [-0.4, -0.2) is 35.7 Å². The summed E-state index contributed by atoms with van der Waals surface area (Å²) in [5.74, 6) is 0.661. The Hall–Kier alpha value is -1.00. The standard InChI is InChI=1S/C16H24N2OS/c1-12(2)13-3-5-14(6-4-13)20-15-7-9-18(10-8-15)16(19)11-17/h3-6,12,15H,7-11,17H2,1-2H3. The number of carbonyl (C=O) groups is 1. The van der Waals surface area contributed by atoms with Crippen LogP contribution in [0.4, 0.5) is 0 Å². The second kappa shape index (κ2) is 7.14. The molecular weight excluding hydrogens is 268 g/mol. The van der Waals surface area contributed by atoms with Crippen LogP contribution in [0.25, 0.3) is 0 Å². The van der Waals surface area contributed by atoms with E-state index in [1.165, 1.54) is 10.5 Å². The van der Waals surface area contributed by atoms with Gasteiger partial charge in [-0.1, -0.05) is 26.0 Å². The highest BCUT2D eigenvalue weighted by Crippen LogP contribution is 2.31. The normalized spacial score (nSPS) is 16.7. The number of thioether (sulfide) groups is 1. The molecule has 0 bridgehead atoms. The number of hydrogen-bond donors (Lipinski definition) is 1. The van der Waals surface area contributed by atoms with Crippen molar-refractivity contribution in [2.24, 2.45) is 5.73 Å². The molecule has 2 N–H and O–H groups in total. The molecule has 20 heavy (non-hydrogen) atoms. The average molecular weight is 292 g/mol. The lowest BCUT2D eigenvalue weighted by molar-refractivity contribution is -0.130. The fourth-order valence-corrected chi connectivity index (χ4v) is 3.60. The van der Waals surface area contributed by atoms with Gasteiger partial charge in [-0.3, -0.25) is 4.79 Å². The maximum atomic E-state index is 11.5. The molecule has 2 rings (SSSR count). The second-order valence-corrected chi connectivity index (χ2v) is 7.00. The highest BCUT2D eigenvalue weighted by atomic mass is 32.2. The van der Waals surface area contributed by atoms with Gasteiger partial charge in [-0.2, -0.15) is 0 Å². The molecule has 1 aliphatic rings. The van der Waals surface area contributed by atoms with Crippen LogP contribution in [0.3, 0.4) is 0 Å². The zero-order valence-electron chi connectivity index (χ0n) is 12.3. The Morgan fingerprint density at radius 3 is 2.40 bits per heavy atom. The first-order chi connectivity index (χ1) is 9.60. The number of nitrogens with zero attached hydrogens (tertiary/aromatic N) is 1. The zero-order valence-corrected chi connectivity index (χ0v) is 13.2. The quantitative estimate of drug-likeness (QED) is 0.928. The second-order valence-electron chi connectivity index (χ2n) is 5.63. The molecule has 0 aromatic heterocycles. The molecule has 0 radical (unpaired) electrons. The Bertz CT molecular complexity index is 436. The molecule has 1 aromatic carbocycles. The van der Waals surface area contributed by atoms with E-state index in [1.54, 1.807) is 0 Å². The molecule has 0 aliphatic carbocycles. The van der Waals surface area contributed by atoms with Crippen LogP contribution in [0.5, 0.6) is 0 Å². The van der Waals surface area contributed by atoms with Crippen LogP contribution >= 0.6 is 11.8 Å². The van der Waals surface area contributed by atoms with Gasteiger partial charge in [0, 0.05) is 23.2 Å². The van der Waals surface area contributed by atoms with Crippen LogP contribution in [-0.2, 0) is 4.79 Å². The van der Waals surface area contributed by atoms with E-state index in [0.29, 0.717) is 11.2 Å². The smallest absolute Gasteiger partial charge is 0.236 e. The molecule has 1 amide bonds. The SMILES string of the molecule is CC(C)c1ccc(SC2CCN(C(=O)CN)CC2)cc1. The van der Waals surface area contributed by atoms with Gasteiger partial charge < -0.3 is 10.6 Å². The summed E-state index contributed by atoms with van der Waals surface area (Å²) in [7, 11) is 0. The van der Waals surface area contributed by atoms with Crippen molar-refractivity contribution >= 4 is 17.7 Å². The number of rotatable bonds is 4. The van der Waals surface area contributed by atoms with E-state index in [2.05, 4.69) is 38.1 Å². The molecule has 0 saturated carbocycles. The number of piperidine rings is 1. The molecule has 0 atom stereocenters. The van der Waals surface area contributed by atoms with Crippen LogP contribution in [0.1, 0.15) is 38.2 Å². The van der Waals surface area contributed by atoms with E-state index < -0.39 is 0 Å². The zero-order chi connectivity index (χ0) is 14.5. The van der Waals surface area contributed by atoms with Gasteiger partial charge in [0.25, 0.3) is 0 Å². The van der Waals surface area contributed by atoms with Gasteiger partial charge in [0.2, 0.25) is 5.91 Å². The number of likely N-dealkylation sites (tertiary alicyclic amines) is 1. The predicted octanol–water partition coefficient (Wildman–Crippen LogP) is 2.85. The molecule has 1 aromatic rings. The Kier molecular flexibility index (Phi) is 5.49. The molecule has 1 saturated heterocycles. The van der Waals surface area contributed by atoms with E-state index in [-0.39, 0.29) is 12.5 Å². The summed E-state index contributed by atoms with van der Waals surface area (Å²) < 4.78 is 0. The maximum Gasteiger partial charge on any atom is 0.236 e. The number of amides is 1. The topological polar surface area (TPSA) is 46.3 Å². The third kappa shape index (κ3) is 4.00. The van der Waals surface area contributed by atoms with Crippen molar-refractivity contribution in [1.29, 1.82) is 0 Å². The number of hydrogen-bond acceptors (Lipinski definition) is 3. The average Bonchev–Trinajstić information content (AvgIpc) is 2.48. The van der Waals surface area contributed by atoms with Crippen LogP contribution in [0.2, 0.25) is 0 Å². The minimum absolute atomic E-state index is 0.0785. The molecule has 110 valence electrons. The summed E-state index contributed by atoms with van der Waals surface area (Å²) in [5.41, 5.74) is 6.79. The molecule has 1 aliphatic heterocycles. The molecule has 0 spiro atoms. The fourth-order valence-electron chi connectivity index (χ4n) is 2.48.